The van der Waals surface area contributed by atoms with E-state index in [-0.39, 0.29) is 0 Å². The summed E-state index contributed by atoms with van der Waals surface area (Å²) >= 11 is 0. The van der Waals surface area contributed by atoms with E-state index in [0.29, 0.717) is 0 Å². The molecule has 1 rings (SSSR count). The Hall–Kier alpha value is -1.10. The first kappa shape index (κ1) is 18.9. The molecule has 0 saturated carbocycles. The zero-order chi connectivity index (χ0) is 16.2. The van der Waals surface area contributed by atoms with Crippen molar-refractivity contribution in [2.75, 3.05) is 0 Å². The average Bonchev–Trinajstić information content (AvgIpc) is 2.49. The van der Waals surface area contributed by atoms with Crippen molar-refractivity contribution in [1.29, 1.82) is 0 Å². The lowest BCUT2D eigenvalue weighted by molar-refractivity contribution is -0.338. The van der Waals surface area contributed by atoms with Crippen LogP contribution in [0.3, 0.4) is 0 Å². The molecule has 4 heteroatoms. The van der Waals surface area contributed by atoms with E-state index in [1.807, 2.05) is 18.2 Å². The van der Waals surface area contributed by atoms with E-state index < -0.39 is 12.6 Å². The molecule has 1 N–H and O–H groups in total. The maximum absolute atomic E-state index is 9.12. The first-order chi connectivity index (χ1) is 10.6. The summed E-state index contributed by atoms with van der Waals surface area (Å²) < 4.78 is 5.06. The number of hydrogen-bond donors (Lipinski definition) is 1. The Labute approximate surface area is 134 Å². The Balaban J connectivity index is 2.35. The zero-order valence-electron chi connectivity index (χ0n) is 14.1. The van der Waals surface area contributed by atoms with Crippen LogP contribution in [0, 0.1) is 0 Å². The van der Waals surface area contributed by atoms with Gasteiger partial charge >= 0.3 is 0 Å². The topological polar surface area (TPSA) is 47.9 Å². The van der Waals surface area contributed by atoms with Gasteiger partial charge in [0.1, 0.15) is 0 Å². The van der Waals surface area contributed by atoms with Crippen LogP contribution in [0.25, 0.3) is 0 Å². The highest BCUT2D eigenvalue weighted by Gasteiger charge is 2.10. The van der Waals surface area contributed by atoms with Gasteiger partial charge in [0.2, 0.25) is 6.29 Å². The lowest BCUT2D eigenvalue weighted by Gasteiger charge is -2.16. The molecule has 2 atom stereocenters. The van der Waals surface area contributed by atoms with Crippen LogP contribution in [-0.4, -0.2) is 17.7 Å². The summed E-state index contributed by atoms with van der Waals surface area (Å²) in [4.78, 5) is 10.5. The third-order valence-corrected chi connectivity index (χ3v) is 3.43. The van der Waals surface area contributed by atoms with Gasteiger partial charge in [0.05, 0.1) is 0 Å². The van der Waals surface area contributed by atoms with Gasteiger partial charge in [-0.25, -0.2) is 0 Å². The quantitative estimate of drug-likeness (QED) is 0.265. The summed E-state index contributed by atoms with van der Waals surface area (Å²) in [6, 6.07) is 7.88. The Morgan fingerprint density at radius 2 is 1.68 bits per heavy atom. The molecule has 126 valence electrons. The Kier molecular flexibility index (Phi) is 9.87. The molecule has 0 radical (unpaired) electrons. The second-order valence-corrected chi connectivity index (χ2v) is 5.61. The molecular weight excluding hydrogens is 280 g/mol. The highest BCUT2D eigenvalue weighted by atomic mass is 17.2. The minimum absolute atomic E-state index is 0.623. The van der Waals surface area contributed by atoms with Crippen molar-refractivity contribution in [2.24, 2.45) is 0 Å². The fourth-order valence-corrected chi connectivity index (χ4v) is 2.31. The number of para-hydroxylation sites is 1. The number of aliphatic hydroxyl groups excluding tert-OH is 1. The van der Waals surface area contributed by atoms with Gasteiger partial charge in [-0.3, -0.25) is 0 Å². The van der Waals surface area contributed by atoms with Crippen LogP contribution in [0.5, 0.6) is 5.75 Å². The van der Waals surface area contributed by atoms with Gasteiger partial charge in [0.15, 0.2) is 12.0 Å². The molecule has 0 aliphatic rings. The predicted octanol–water partition coefficient (Wildman–Crippen LogP) is 4.60. The van der Waals surface area contributed by atoms with E-state index in [4.69, 9.17) is 19.6 Å². The molecular formula is C18H30O4. The van der Waals surface area contributed by atoms with Crippen molar-refractivity contribution in [3.8, 4) is 5.75 Å². The van der Waals surface area contributed by atoms with Gasteiger partial charge in [-0.1, -0.05) is 57.2 Å². The molecule has 0 bridgehead atoms. The molecule has 1 aromatic rings. The molecule has 1 aromatic carbocycles. The monoisotopic (exact) mass is 310 g/mol. The second-order valence-electron chi connectivity index (χ2n) is 5.61. The maximum atomic E-state index is 9.12. The second kappa shape index (κ2) is 11.5. The Morgan fingerprint density at radius 1 is 1.00 bits per heavy atom. The number of hydrogen-bond acceptors (Lipinski definition) is 4. The van der Waals surface area contributed by atoms with Gasteiger partial charge in [-0.05, 0) is 38.3 Å². The number of benzene rings is 1. The molecule has 4 nitrogen and oxygen atoms in total. The molecule has 0 heterocycles. The molecule has 0 spiro atoms. The van der Waals surface area contributed by atoms with Crippen LogP contribution in [-0.2, 0) is 16.0 Å². The average molecular weight is 310 g/mol. The first-order valence-electron chi connectivity index (χ1n) is 8.38. The van der Waals surface area contributed by atoms with Gasteiger partial charge in [0, 0.05) is 0 Å². The van der Waals surface area contributed by atoms with Crippen LogP contribution in [0.2, 0.25) is 0 Å². The van der Waals surface area contributed by atoms with Crippen molar-refractivity contribution in [2.45, 2.75) is 78.3 Å². The first-order valence-corrected chi connectivity index (χ1v) is 8.38. The molecule has 0 aliphatic heterocycles. The van der Waals surface area contributed by atoms with Crippen molar-refractivity contribution in [3.05, 3.63) is 29.8 Å². The normalized spacial score (nSPS) is 13.8. The van der Waals surface area contributed by atoms with Crippen LogP contribution >= 0.6 is 0 Å². The number of ether oxygens (including phenoxy) is 1. The molecule has 0 fully saturated rings. The third kappa shape index (κ3) is 8.37. The number of rotatable bonds is 12. The van der Waals surface area contributed by atoms with Crippen molar-refractivity contribution < 1.29 is 19.6 Å². The SMILES string of the molecule is CCCCCCCCc1ccccc1OOC(C)OC(C)O. The molecule has 22 heavy (non-hydrogen) atoms. The Morgan fingerprint density at radius 3 is 2.41 bits per heavy atom. The highest BCUT2D eigenvalue weighted by Crippen LogP contribution is 2.21. The van der Waals surface area contributed by atoms with Crippen molar-refractivity contribution in [1.82, 2.24) is 0 Å². The molecule has 0 amide bonds. The molecule has 2 unspecified atom stereocenters. The van der Waals surface area contributed by atoms with Gasteiger partial charge in [-0.15, -0.1) is 0 Å². The van der Waals surface area contributed by atoms with Gasteiger partial charge < -0.3 is 14.7 Å². The zero-order valence-corrected chi connectivity index (χ0v) is 14.1. The molecule has 0 aromatic heterocycles. The highest BCUT2D eigenvalue weighted by molar-refractivity contribution is 5.32. The van der Waals surface area contributed by atoms with E-state index in [9.17, 15) is 0 Å². The summed E-state index contributed by atoms with van der Waals surface area (Å²) in [6.45, 7) is 5.45. The lowest BCUT2D eigenvalue weighted by atomic mass is 10.0. The minimum Gasteiger partial charge on any atom is -0.368 e. The summed E-state index contributed by atoms with van der Waals surface area (Å²) in [6.07, 6.45) is 7.12. The van der Waals surface area contributed by atoms with Gasteiger partial charge in [-0.2, -0.15) is 4.89 Å². The summed E-state index contributed by atoms with van der Waals surface area (Å²) in [5.41, 5.74) is 1.14. The number of unbranched alkanes of at least 4 members (excludes halogenated alkanes) is 5. The lowest BCUT2D eigenvalue weighted by Crippen LogP contribution is -2.21. The molecule has 0 aliphatic carbocycles. The number of aryl methyl sites for hydroxylation is 1. The fraction of sp³-hybridized carbons (Fsp3) is 0.667. The van der Waals surface area contributed by atoms with Gasteiger partial charge in [0.25, 0.3) is 0 Å². The van der Waals surface area contributed by atoms with Crippen LogP contribution in [0.4, 0.5) is 0 Å². The van der Waals surface area contributed by atoms with Crippen LogP contribution < -0.4 is 4.89 Å². The predicted molar refractivity (Wildman–Crippen MR) is 87.5 cm³/mol. The van der Waals surface area contributed by atoms with Crippen LogP contribution in [0.1, 0.15) is 64.9 Å². The fourth-order valence-electron chi connectivity index (χ4n) is 2.31. The molecule has 0 saturated heterocycles. The minimum atomic E-state index is -0.878. The van der Waals surface area contributed by atoms with E-state index in [0.717, 1.165) is 24.2 Å². The van der Waals surface area contributed by atoms with E-state index in [2.05, 4.69) is 13.0 Å². The largest absolute Gasteiger partial charge is 0.368 e. The maximum Gasteiger partial charge on any atom is 0.202 e. The standard InChI is InChI=1S/C18H30O4/c1-4-5-6-7-8-9-12-17-13-10-11-14-18(17)22-21-16(3)20-15(2)19/h10-11,13-16,19H,4-9,12H2,1-3H3. The third-order valence-electron chi connectivity index (χ3n) is 3.43. The Bertz CT molecular complexity index is 392. The summed E-state index contributed by atoms with van der Waals surface area (Å²) in [7, 11) is 0. The van der Waals surface area contributed by atoms with Crippen LogP contribution in [0.15, 0.2) is 24.3 Å². The van der Waals surface area contributed by atoms with Crippen molar-refractivity contribution in [3.63, 3.8) is 0 Å². The van der Waals surface area contributed by atoms with E-state index in [1.165, 1.54) is 39.0 Å². The summed E-state index contributed by atoms with van der Waals surface area (Å²) in [5, 5.41) is 9.12. The van der Waals surface area contributed by atoms with E-state index >= 15 is 0 Å². The van der Waals surface area contributed by atoms with Crippen molar-refractivity contribution >= 4 is 0 Å². The smallest absolute Gasteiger partial charge is 0.202 e. The van der Waals surface area contributed by atoms with E-state index in [1.54, 1.807) is 6.92 Å². The summed E-state index contributed by atoms with van der Waals surface area (Å²) in [5.74, 6) is 0.720. The number of aliphatic hydroxyl groups is 1.